The number of nitrogens with zero attached hydrogens (tertiary/aromatic N) is 1. The number of thiophene rings is 1. The zero-order chi connectivity index (χ0) is 16.2. The van der Waals surface area contributed by atoms with Gasteiger partial charge >= 0.3 is 0 Å². The van der Waals surface area contributed by atoms with E-state index in [4.69, 9.17) is 0 Å². The Morgan fingerprint density at radius 2 is 2.00 bits per heavy atom. The highest BCUT2D eigenvalue weighted by Crippen LogP contribution is 2.22. The lowest BCUT2D eigenvalue weighted by molar-refractivity contribution is -0.131. The molecule has 3 rings (SSSR count). The number of benzene rings is 1. The molecule has 4 heteroatoms. The average Bonchev–Trinajstić information content (AvgIpc) is 3.08. The molecule has 1 amide bonds. The average molecular weight is 327 g/mol. The summed E-state index contributed by atoms with van der Waals surface area (Å²) in [6.07, 6.45) is 2.22. The Morgan fingerprint density at radius 3 is 2.70 bits per heavy atom. The van der Waals surface area contributed by atoms with Gasteiger partial charge < -0.3 is 4.90 Å². The molecule has 1 atom stereocenters. The molecule has 1 aromatic heterocycles. The van der Waals surface area contributed by atoms with Gasteiger partial charge in [-0.15, -0.1) is 11.3 Å². The van der Waals surface area contributed by atoms with Gasteiger partial charge in [0.05, 0.1) is 6.42 Å². The summed E-state index contributed by atoms with van der Waals surface area (Å²) < 4.78 is 0. The quantitative estimate of drug-likeness (QED) is 0.803. The Kier molecular flexibility index (Phi) is 4.91. The third kappa shape index (κ3) is 3.88. The zero-order valence-corrected chi connectivity index (χ0v) is 14.1. The SMILES string of the molecule is Cc1ccc(C(=O)C2CCCN(C(=O)Cc3cccs3)C2)cc1. The first-order valence-corrected chi connectivity index (χ1v) is 8.92. The highest BCUT2D eigenvalue weighted by molar-refractivity contribution is 7.10. The second-order valence-electron chi connectivity index (χ2n) is 6.17. The smallest absolute Gasteiger partial charge is 0.227 e. The lowest BCUT2D eigenvalue weighted by Gasteiger charge is -2.32. The van der Waals surface area contributed by atoms with Crippen molar-refractivity contribution in [2.75, 3.05) is 13.1 Å². The normalized spacial score (nSPS) is 18.0. The maximum atomic E-state index is 12.7. The van der Waals surface area contributed by atoms with Gasteiger partial charge in [0.25, 0.3) is 0 Å². The van der Waals surface area contributed by atoms with E-state index in [1.54, 1.807) is 11.3 Å². The summed E-state index contributed by atoms with van der Waals surface area (Å²) in [4.78, 5) is 28.0. The minimum Gasteiger partial charge on any atom is -0.342 e. The number of carbonyl (C=O) groups excluding carboxylic acids is 2. The molecule has 2 heterocycles. The number of amides is 1. The predicted octanol–water partition coefficient (Wildman–Crippen LogP) is 3.72. The van der Waals surface area contributed by atoms with E-state index >= 15 is 0 Å². The third-order valence-electron chi connectivity index (χ3n) is 4.39. The van der Waals surface area contributed by atoms with Crippen molar-refractivity contribution in [2.45, 2.75) is 26.2 Å². The Labute approximate surface area is 140 Å². The highest BCUT2D eigenvalue weighted by Gasteiger charge is 2.28. The van der Waals surface area contributed by atoms with Crippen molar-refractivity contribution in [2.24, 2.45) is 5.92 Å². The predicted molar refractivity (Wildman–Crippen MR) is 92.8 cm³/mol. The molecule has 0 bridgehead atoms. The van der Waals surface area contributed by atoms with Crippen LogP contribution in [0.25, 0.3) is 0 Å². The van der Waals surface area contributed by atoms with E-state index < -0.39 is 0 Å². The summed E-state index contributed by atoms with van der Waals surface area (Å²) in [5, 5.41) is 1.99. The van der Waals surface area contributed by atoms with Gasteiger partial charge in [-0.1, -0.05) is 35.9 Å². The molecule has 2 aromatic rings. The van der Waals surface area contributed by atoms with Gasteiger partial charge in [-0.2, -0.15) is 0 Å². The molecule has 0 spiro atoms. The molecular formula is C19H21NO2S. The Morgan fingerprint density at radius 1 is 1.22 bits per heavy atom. The van der Waals surface area contributed by atoms with Gasteiger partial charge in [0, 0.05) is 29.4 Å². The first kappa shape index (κ1) is 15.9. The number of piperidine rings is 1. The molecule has 0 radical (unpaired) electrons. The number of hydrogen-bond donors (Lipinski definition) is 0. The molecule has 1 fully saturated rings. The fraction of sp³-hybridized carbons (Fsp3) is 0.368. The number of aryl methyl sites for hydroxylation is 1. The van der Waals surface area contributed by atoms with Crippen molar-refractivity contribution in [1.29, 1.82) is 0 Å². The van der Waals surface area contributed by atoms with Crippen LogP contribution in [0.4, 0.5) is 0 Å². The van der Waals surface area contributed by atoms with Crippen molar-refractivity contribution in [3.05, 3.63) is 57.8 Å². The number of rotatable bonds is 4. The minimum absolute atomic E-state index is 0.0706. The van der Waals surface area contributed by atoms with E-state index in [1.165, 1.54) is 0 Å². The van der Waals surface area contributed by atoms with Gasteiger partial charge in [0.1, 0.15) is 0 Å². The molecular weight excluding hydrogens is 306 g/mol. The number of hydrogen-bond acceptors (Lipinski definition) is 3. The fourth-order valence-electron chi connectivity index (χ4n) is 3.05. The largest absolute Gasteiger partial charge is 0.342 e. The van der Waals surface area contributed by atoms with E-state index in [0.717, 1.165) is 35.4 Å². The molecule has 3 nitrogen and oxygen atoms in total. The van der Waals surface area contributed by atoms with Crippen LogP contribution in [-0.2, 0) is 11.2 Å². The van der Waals surface area contributed by atoms with Gasteiger partial charge in [-0.05, 0) is 31.2 Å². The second kappa shape index (κ2) is 7.09. The van der Waals surface area contributed by atoms with Crippen molar-refractivity contribution >= 4 is 23.0 Å². The van der Waals surface area contributed by atoms with Gasteiger partial charge in [-0.25, -0.2) is 0 Å². The van der Waals surface area contributed by atoms with Crippen molar-refractivity contribution < 1.29 is 9.59 Å². The van der Waals surface area contributed by atoms with Crippen LogP contribution >= 0.6 is 11.3 Å². The van der Waals surface area contributed by atoms with Crippen LogP contribution in [0.1, 0.15) is 33.6 Å². The minimum atomic E-state index is -0.0706. The fourth-order valence-corrected chi connectivity index (χ4v) is 3.74. The monoisotopic (exact) mass is 327 g/mol. The summed E-state index contributed by atoms with van der Waals surface area (Å²) >= 11 is 1.61. The standard InChI is InChI=1S/C19H21NO2S/c1-14-6-8-15(9-7-14)19(22)16-4-2-10-20(13-16)18(21)12-17-5-3-11-23-17/h3,5-9,11,16H,2,4,10,12-13H2,1H3. The van der Waals surface area contributed by atoms with Crippen LogP contribution in [0.2, 0.25) is 0 Å². The summed E-state index contributed by atoms with van der Waals surface area (Å²) in [5.74, 6) is 0.228. The van der Waals surface area contributed by atoms with Crippen molar-refractivity contribution in [3.63, 3.8) is 0 Å². The topological polar surface area (TPSA) is 37.4 Å². The van der Waals surface area contributed by atoms with Gasteiger partial charge in [0.2, 0.25) is 5.91 Å². The number of ketones is 1. The van der Waals surface area contributed by atoms with Crippen LogP contribution < -0.4 is 0 Å². The highest BCUT2D eigenvalue weighted by atomic mass is 32.1. The summed E-state index contributed by atoms with van der Waals surface area (Å²) in [6.45, 7) is 3.33. The van der Waals surface area contributed by atoms with Gasteiger partial charge in [0.15, 0.2) is 5.78 Å². The van der Waals surface area contributed by atoms with Crippen molar-refractivity contribution in [3.8, 4) is 0 Å². The second-order valence-corrected chi connectivity index (χ2v) is 7.20. The Balaban J connectivity index is 1.64. The maximum absolute atomic E-state index is 12.7. The molecule has 0 saturated carbocycles. The van der Waals surface area contributed by atoms with Crippen LogP contribution in [0.15, 0.2) is 41.8 Å². The van der Waals surface area contributed by atoms with E-state index in [1.807, 2.05) is 53.6 Å². The van der Waals surface area contributed by atoms with Crippen LogP contribution in [-0.4, -0.2) is 29.7 Å². The molecule has 1 unspecified atom stereocenters. The molecule has 1 aliphatic rings. The number of carbonyl (C=O) groups is 2. The van der Waals surface area contributed by atoms with Crippen molar-refractivity contribution in [1.82, 2.24) is 4.90 Å². The summed E-state index contributed by atoms with van der Waals surface area (Å²) in [6, 6.07) is 11.7. The van der Waals surface area contributed by atoms with E-state index in [0.29, 0.717) is 13.0 Å². The molecule has 0 aliphatic carbocycles. The van der Waals surface area contributed by atoms with Crippen LogP contribution in [0.3, 0.4) is 0 Å². The Hall–Kier alpha value is -1.94. The van der Waals surface area contributed by atoms with E-state index in [9.17, 15) is 9.59 Å². The summed E-state index contributed by atoms with van der Waals surface area (Å²) in [7, 11) is 0. The van der Waals surface area contributed by atoms with E-state index in [-0.39, 0.29) is 17.6 Å². The first-order valence-electron chi connectivity index (χ1n) is 8.04. The molecule has 23 heavy (non-hydrogen) atoms. The zero-order valence-electron chi connectivity index (χ0n) is 13.3. The first-order chi connectivity index (χ1) is 11.1. The Bertz CT molecular complexity index is 676. The van der Waals surface area contributed by atoms with Crippen LogP contribution in [0.5, 0.6) is 0 Å². The molecule has 0 N–H and O–H groups in total. The lowest BCUT2D eigenvalue weighted by atomic mass is 9.89. The number of Topliss-reactive ketones (excluding diaryl/α,β-unsaturated/α-hetero) is 1. The van der Waals surface area contributed by atoms with Gasteiger partial charge in [-0.3, -0.25) is 9.59 Å². The molecule has 1 saturated heterocycles. The van der Waals surface area contributed by atoms with E-state index in [2.05, 4.69) is 0 Å². The third-order valence-corrected chi connectivity index (χ3v) is 5.26. The maximum Gasteiger partial charge on any atom is 0.227 e. The number of likely N-dealkylation sites (tertiary alicyclic amines) is 1. The molecule has 1 aromatic carbocycles. The van der Waals surface area contributed by atoms with Crippen LogP contribution in [0, 0.1) is 12.8 Å². The molecule has 1 aliphatic heterocycles. The lowest BCUT2D eigenvalue weighted by Crippen LogP contribution is -2.43. The molecule has 120 valence electrons. The summed E-state index contributed by atoms with van der Waals surface area (Å²) in [5.41, 5.74) is 1.91.